The summed E-state index contributed by atoms with van der Waals surface area (Å²) in [4.78, 5) is 0. The van der Waals surface area contributed by atoms with Crippen LogP contribution in [0.1, 0.15) is 18.4 Å². The summed E-state index contributed by atoms with van der Waals surface area (Å²) in [5.41, 5.74) is 1.33. The number of alkyl halides is 1. The standard InChI is InChI=1S/C11H9Br.C4H8O/c12-8-9-5-6-10-3-1-2-4-11(10)7-9;1-2-4-5-3-1/h1-7H,8H2;1-4H2. The van der Waals surface area contributed by atoms with Crippen LogP contribution in [0.3, 0.4) is 0 Å². The van der Waals surface area contributed by atoms with Gasteiger partial charge in [0, 0.05) is 18.5 Å². The largest absolute Gasteiger partial charge is 0.381 e. The molecule has 0 bridgehead atoms. The van der Waals surface area contributed by atoms with Crippen molar-refractivity contribution in [1.29, 1.82) is 0 Å². The van der Waals surface area contributed by atoms with Gasteiger partial charge in [-0.25, -0.2) is 0 Å². The van der Waals surface area contributed by atoms with Crippen molar-refractivity contribution in [2.75, 3.05) is 13.2 Å². The summed E-state index contributed by atoms with van der Waals surface area (Å²) in [5, 5.41) is 3.55. The fourth-order valence-electron chi connectivity index (χ4n) is 1.83. The fourth-order valence-corrected chi connectivity index (χ4v) is 2.18. The van der Waals surface area contributed by atoms with Crippen LogP contribution >= 0.6 is 15.9 Å². The molecule has 1 aliphatic rings. The topological polar surface area (TPSA) is 9.23 Å². The summed E-state index contributed by atoms with van der Waals surface area (Å²) in [7, 11) is 0. The summed E-state index contributed by atoms with van der Waals surface area (Å²) >= 11 is 3.44. The predicted octanol–water partition coefficient (Wildman–Crippen LogP) is 4.53. The fraction of sp³-hybridized carbons (Fsp3) is 0.333. The summed E-state index contributed by atoms with van der Waals surface area (Å²) in [6.07, 6.45) is 2.56. The Bertz CT molecular complexity index is 456. The highest BCUT2D eigenvalue weighted by atomic mass is 79.9. The zero-order valence-corrected chi connectivity index (χ0v) is 11.4. The van der Waals surface area contributed by atoms with E-state index in [4.69, 9.17) is 4.74 Å². The summed E-state index contributed by atoms with van der Waals surface area (Å²) in [6.45, 7) is 2.00. The molecular weight excluding hydrogens is 276 g/mol. The van der Waals surface area contributed by atoms with E-state index in [1.165, 1.54) is 29.2 Å². The molecule has 0 aromatic heterocycles. The number of hydrogen-bond donors (Lipinski definition) is 0. The van der Waals surface area contributed by atoms with Gasteiger partial charge in [0.2, 0.25) is 0 Å². The smallest absolute Gasteiger partial charge is 0.0466 e. The van der Waals surface area contributed by atoms with Crippen LogP contribution in [0.4, 0.5) is 0 Å². The van der Waals surface area contributed by atoms with Gasteiger partial charge in [-0.3, -0.25) is 0 Å². The van der Waals surface area contributed by atoms with E-state index in [9.17, 15) is 0 Å². The molecule has 2 aromatic carbocycles. The molecule has 0 amide bonds. The molecule has 3 rings (SSSR count). The maximum atomic E-state index is 4.94. The Morgan fingerprint density at radius 2 is 1.65 bits per heavy atom. The van der Waals surface area contributed by atoms with Gasteiger partial charge in [0.05, 0.1) is 0 Å². The molecule has 2 heteroatoms. The molecule has 0 spiro atoms. The van der Waals surface area contributed by atoms with E-state index in [0.717, 1.165) is 18.5 Å². The SMILES string of the molecule is BrCc1ccc2ccccc2c1.C1CCOC1. The molecular formula is C15H17BrO. The minimum atomic E-state index is 0.928. The van der Waals surface area contributed by atoms with Gasteiger partial charge in [0.25, 0.3) is 0 Å². The van der Waals surface area contributed by atoms with Crippen LogP contribution < -0.4 is 0 Å². The number of ether oxygens (including phenoxy) is 1. The van der Waals surface area contributed by atoms with Crippen molar-refractivity contribution in [3.8, 4) is 0 Å². The molecule has 0 saturated carbocycles. The highest BCUT2D eigenvalue weighted by Crippen LogP contribution is 2.16. The van der Waals surface area contributed by atoms with Crippen molar-refractivity contribution in [2.24, 2.45) is 0 Å². The van der Waals surface area contributed by atoms with Crippen molar-refractivity contribution in [2.45, 2.75) is 18.2 Å². The van der Waals surface area contributed by atoms with Gasteiger partial charge in [-0.1, -0.05) is 58.4 Å². The number of benzene rings is 2. The number of fused-ring (bicyclic) bond motifs is 1. The van der Waals surface area contributed by atoms with Gasteiger partial charge in [-0.15, -0.1) is 0 Å². The van der Waals surface area contributed by atoms with Gasteiger partial charge in [-0.2, -0.15) is 0 Å². The first-order valence-corrected chi connectivity index (χ1v) is 7.14. The monoisotopic (exact) mass is 292 g/mol. The Morgan fingerprint density at radius 1 is 0.941 bits per heavy atom. The van der Waals surface area contributed by atoms with Crippen molar-refractivity contribution >= 4 is 26.7 Å². The second-order valence-electron chi connectivity index (χ2n) is 4.13. The Morgan fingerprint density at radius 3 is 2.24 bits per heavy atom. The number of rotatable bonds is 1. The molecule has 1 aliphatic heterocycles. The lowest BCUT2D eigenvalue weighted by atomic mass is 10.1. The molecule has 0 aliphatic carbocycles. The molecule has 1 heterocycles. The zero-order valence-electron chi connectivity index (χ0n) is 9.86. The van der Waals surface area contributed by atoms with Crippen molar-refractivity contribution < 1.29 is 4.74 Å². The quantitative estimate of drug-likeness (QED) is 0.702. The summed E-state index contributed by atoms with van der Waals surface area (Å²) in [6, 6.07) is 14.9. The third-order valence-electron chi connectivity index (χ3n) is 2.80. The van der Waals surface area contributed by atoms with Crippen LogP contribution in [0.15, 0.2) is 42.5 Å². The lowest BCUT2D eigenvalue weighted by Gasteiger charge is -1.98. The zero-order chi connectivity index (χ0) is 11.9. The number of hydrogen-bond acceptors (Lipinski definition) is 1. The van der Waals surface area contributed by atoms with E-state index >= 15 is 0 Å². The van der Waals surface area contributed by atoms with E-state index in [-0.39, 0.29) is 0 Å². The van der Waals surface area contributed by atoms with Crippen molar-refractivity contribution in [1.82, 2.24) is 0 Å². The third kappa shape index (κ3) is 3.83. The highest BCUT2D eigenvalue weighted by molar-refractivity contribution is 9.08. The molecule has 1 nitrogen and oxygen atoms in total. The first-order valence-electron chi connectivity index (χ1n) is 6.01. The molecule has 90 valence electrons. The predicted molar refractivity (Wildman–Crippen MR) is 76.6 cm³/mol. The lowest BCUT2D eigenvalue weighted by Crippen LogP contribution is -1.77. The molecule has 1 fully saturated rings. The average Bonchev–Trinajstić information content (AvgIpc) is 2.97. The molecule has 0 N–H and O–H groups in total. The molecule has 0 atom stereocenters. The van der Waals surface area contributed by atoms with Crippen LogP contribution in [0.25, 0.3) is 10.8 Å². The molecule has 2 aromatic rings. The summed E-state index contributed by atoms with van der Waals surface area (Å²) < 4.78 is 4.94. The molecule has 0 unspecified atom stereocenters. The first kappa shape index (κ1) is 12.6. The van der Waals surface area contributed by atoms with E-state index in [1.807, 2.05) is 0 Å². The van der Waals surface area contributed by atoms with Crippen molar-refractivity contribution in [3.63, 3.8) is 0 Å². The lowest BCUT2D eigenvalue weighted by molar-refractivity contribution is 0.198. The van der Waals surface area contributed by atoms with Gasteiger partial charge in [0.15, 0.2) is 0 Å². The second kappa shape index (κ2) is 6.77. The highest BCUT2D eigenvalue weighted by Gasteiger charge is 1.95. The molecule has 1 saturated heterocycles. The van der Waals surface area contributed by atoms with Crippen LogP contribution in [0.5, 0.6) is 0 Å². The van der Waals surface area contributed by atoms with Crippen LogP contribution in [-0.2, 0) is 10.1 Å². The number of halogens is 1. The normalized spacial score (nSPS) is 14.4. The molecule has 17 heavy (non-hydrogen) atoms. The van der Waals surface area contributed by atoms with Gasteiger partial charge < -0.3 is 4.74 Å². The summed E-state index contributed by atoms with van der Waals surface area (Å²) in [5.74, 6) is 0. The molecule has 0 radical (unpaired) electrons. The van der Waals surface area contributed by atoms with E-state index in [0.29, 0.717) is 0 Å². The average molecular weight is 293 g/mol. The maximum Gasteiger partial charge on any atom is 0.0466 e. The minimum absolute atomic E-state index is 0.928. The van der Waals surface area contributed by atoms with Crippen LogP contribution in [-0.4, -0.2) is 13.2 Å². The minimum Gasteiger partial charge on any atom is -0.381 e. The third-order valence-corrected chi connectivity index (χ3v) is 3.44. The first-order chi connectivity index (χ1) is 8.40. The second-order valence-corrected chi connectivity index (χ2v) is 4.70. The van der Waals surface area contributed by atoms with E-state index in [2.05, 4.69) is 58.4 Å². The Hall–Kier alpha value is -0.860. The van der Waals surface area contributed by atoms with Gasteiger partial charge >= 0.3 is 0 Å². The van der Waals surface area contributed by atoms with Crippen LogP contribution in [0, 0.1) is 0 Å². The Labute approximate surface area is 111 Å². The van der Waals surface area contributed by atoms with E-state index < -0.39 is 0 Å². The maximum absolute atomic E-state index is 4.94. The van der Waals surface area contributed by atoms with Crippen LogP contribution in [0.2, 0.25) is 0 Å². The van der Waals surface area contributed by atoms with Gasteiger partial charge in [0.1, 0.15) is 0 Å². The Balaban J connectivity index is 0.000000181. The van der Waals surface area contributed by atoms with E-state index in [1.54, 1.807) is 0 Å². The van der Waals surface area contributed by atoms with Gasteiger partial charge in [-0.05, 0) is 29.2 Å². The Kier molecular flexibility index (Phi) is 5.02. The van der Waals surface area contributed by atoms with Crippen molar-refractivity contribution in [3.05, 3.63) is 48.0 Å².